The Morgan fingerprint density at radius 2 is 2.17 bits per heavy atom. The monoisotopic (exact) mass is 288 g/mol. The number of phenolic OH excluding ortho intramolecular Hbond substituents is 1. The second-order valence-corrected chi connectivity index (χ2v) is 6.01. The van der Waals surface area contributed by atoms with Crippen LogP contribution in [0.2, 0.25) is 5.02 Å². The van der Waals surface area contributed by atoms with Crippen LogP contribution in [0, 0.1) is 0 Å². The predicted octanol–water partition coefficient (Wildman–Crippen LogP) is 3.25. The van der Waals surface area contributed by atoms with Gasteiger partial charge in [0.25, 0.3) is 0 Å². The molecular formula is C13H17ClO3S. The summed E-state index contributed by atoms with van der Waals surface area (Å²) in [6, 6.07) is 3.15. The Morgan fingerprint density at radius 3 is 2.72 bits per heavy atom. The molecule has 1 rings (SSSR count). The van der Waals surface area contributed by atoms with Crippen LogP contribution < -0.4 is 0 Å². The summed E-state index contributed by atoms with van der Waals surface area (Å²) in [5.74, 6) is 0.369. The van der Waals surface area contributed by atoms with Crippen molar-refractivity contribution in [3.05, 3.63) is 28.3 Å². The highest BCUT2D eigenvalue weighted by atomic mass is 35.5. The fourth-order valence-electron chi connectivity index (χ4n) is 1.53. The van der Waals surface area contributed by atoms with E-state index in [0.29, 0.717) is 22.8 Å². The SMILES string of the molecule is CC(=O)c1cc(Cl)cc(CSC(C)CCO)c1O. The van der Waals surface area contributed by atoms with Gasteiger partial charge < -0.3 is 10.2 Å². The van der Waals surface area contributed by atoms with Crippen LogP contribution in [0.1, 0.15) is 36.2 Å². The number of hydrogen-bond acceptors (Lipinski definition) is 4. The summed E-state index contributed by atoms with van der Waals surface area (Å²) in [5.41, 5.74) is 0.912. The first-order valence-electron chi connectivity index (χ1n) is 5.70. The molecule has 0 spiro atoms. The second-order valence-electron chi connectivity index (χ2n) is 4.15. The minimum atomic E-state index is -0.204. The zero-order valence-corrected chi connectivity index (χ0v) is 12.0. The van der Waals surface area contributed by atoms with Gasteiger partial charge in [-0.3, -0.25) is 4.79 Å². The molecule has 0 aliphatic heterocycles. The summed E-state index contributed by atoms with van der Waals surface area (Å²) in [6.45, 7) is 3.56. The number of carbonyl (C=O) groups is 1. The number of halogens is 1. The fourth-order valence-corrected chi connectivity index (χ4v) is 2.73. The summed E-state index contributed by atoms with van der Waals surface area (Å²) >= 11 is 7.54. The van der Waals surface area contributed by atoms with E-state index in [1.165, 1.54) is 13.0 Å². The number of carbonyl (C=O) groups excluding carboxylic acids is 1. The summed E-state index contributed by atoms with van der Waals surface area (Å²) in [4.78, 5) is 11.4. The number of aliphatic hydroxyl groups is 1. The molecule has 0 heterocycles. The maximum atomic E-state index is 11.4. The third kappa shape index (κ3) is 4.19. The highest BCUT2D eigenvalue weighted by molar-refractivity contribution is 7.99. The zero-order chi connectivity index (χ0) is 13.7. The molecule has 0 aliphatic carbocycles. The Labute approximate surface area is 116 Å². The molecule has 3 nitrogen and oxygen atoms in total. The summed E-state index contributed by atoms with van der Waals surface area (Å²) < 4.78 is 0. The van der Waals surface area contributed by atoms with E-state index < -0.39 is 0 Å². The van der Waals surface area contributed by atoms with Crippen molar-refractivity contribution in [2.75, 3.05) is 6.61 Å². The molecule has 2 N–H and O–H groups in total. The Balaban J connectivity index is 2.85. The van der Waals surface area contributed by atoms with Gasteiger partial charge in [-0.15, -0.1) is 0 Å². The average Bonchev–Trinajstić information content (AvgIpc) is 2.30. The van der Waals surface area contributed by atoms with Crippen LogP contribution in [0.4, 0.5) is 0 Å². The van der Waals surface area contributed by atoms with Gasteiger partial charge in [0.15, 0.2) is 5.78 Å². The van der Waals surface area contributed by atoms with E-state index in [1.54, 1.807) is 17.8 Å². The van der Waals surface area contributed by atoms with Crippen LogP contribution in [0.15, 0.2) is 12.1 Å². The summed E-state index contributed by atoms with van der Waals surface area (Å²) in [7, 11) is 0. The zero-order valence-electron chi connectivity index (χ0n) is 10.4. The lowest BCUT2D eigenvalue weighted by atomic mass is 10.1. The molecule has 1 atom stereocenters. The van der Waals surface area contributed by atoms with E-state index in [1.807, 2.05) is 6.92 Å². The standard InChI is InChI=1S/C13H17ClO3S/c1-8(3-4-15)18-7-10-5-11(14)6-12(9(2)16)13(10)17/h5-6,8,15,17H,3-4,7H2,1-2H3. The topological polar surface area (TPSA) is 57.5 Å². The van der Waals surface area contributed by atoms with Gasteiger partial charge in [-0.25, -0.2) is 0 Å². The molecule has 1 unspecified atom stereocenters. The van der Waals surface area contributed by atoms with Gasteiger partial charge >= 0.3 is 0 Å². The first kappa shape index (κ1) is 15.3. The molecule has 0 aromatic heterocycles. The van der Waals surface area contributed by atoms with Crippen LogP contribution in [-0.4, -0.2) is 27.9 Å². The summed E-state index contributed by atoms with van der Waals surface area (Å²) in [5, 5.41) is 19.5. The Kier molecular flexibility index (Phi) is 5.99. The fraction of sp³-hybridized carbons (Fsp3) is 0.462. The molecule has 18 heavy (non-hydrogen) atoms. The molecule has 1 aromatic rings. The molecule has 1 aromatic carbocycles. The van der Waals surface area contributed by atoms with Crippen molar-refractivity contribution in [3.8, 4) is 5.75 Å². The molecule has 0 bridgehead atoms. The number of aliphatic hydroxyl groups excluding tert-OH is 1. The van der Waals surface area contributed by atoms with Gasteiger partial charge in [-0.05, 0) is 25.5 Å². The number of aromatic hydroxyl groups is 1. The Morgan fingerprint density at radius 1 is 1.50 bits per heavy atom. The minimum Gasteiger partial charge on any atom is -0.507 e. The van der Waals surface area contributed by atoms with E-state index in [9.17, 15) is 9.90 Å². The third-order valence-electron chi connectivity index (χ3n) is 2.59. The van der Waals surface area contributed by atoms with Crippen LogP contribution in [0.25, 0.3) is 0 Å². The van der Waals surface area contributed by atoms with Crippen molar-refractivity contribution in [2.45, 2.75) is 31.3 Å². The van der Waals surface area contributed by atoms with Crippen molar-refractivity contribution in [3.63, 3.8) is 0 Å². The van der Waals surface area contributed by atoms with Crippen molar-refractivity contribution < 1.29 is 15.0 Å². The molecule has 5 heteroatoms. The molecule has 0 amide bonds. The maximum Gasteiger partial charge on any atom is 0.163 e. The normalized spacial score (nSPS) is 12.4. The number of phenols is 1. The van der Waals surface area contributed by atoms with Gasteiger partial charge in [-0.1, -0.05) is 18.5 Å². The lowest BCUT2D eigenvalue weighted by molar-refractivity contribution is 0.101. The average molecular weight is 289 g/mol. The third-order valence-corrected chi connectivity index (χ3v) is 4.09. The molecule has 0 radical (unpaired) electrons. The highest BCUT2D eigenvalue weighted by Crippen LogP contribution is 2.31. The first-order valence-corrected chi connectivity index (χ1v) is 7.13. The quantitative estimate of drug-likeness (QED) is 0.789. The lowest BCUT2D eigenvalue weighted by Crippen LogP contribution is -2.01. The van der Waals surface area contributed by atoms with Gasteiger partial charge in [0, 0.05) is 28.2 Å². The van der Waals surface area contributed by atoms with Crippen LogP contribution >= 0.6 is 23.4 Å². The number of Topliss-reactive ketones (excluding diaryl/α,β-unsaturated/α-hetero) is 1. The van der Waals surface area contributed by atoms with E-state index >= 15 is 0 Å². The number of thioether (sulfide) groups is 1. The van der Waals surface area contributed by atoms with Gasteiger partial charge in [0.2, 0.25) is 0 Å². The number of benzene rings is 1. The number of rotatable bonds is 6. The Hall–Kier alpha value is -0.710. The van der Waals surface area contributed by atoms with E-state index in [-0.39, 0.29) is 29.0 Å². The first-order chi connectivity index (χ1) is 8.45. The van der Waals surface area contributed by atoms with Crippen molar-refractivity contribution in [1.82, 2.24) is 0 Å². The van der Waals surface area contributed by atoms with E-state index in [0.717, 1.165) is 0 Å². The predicted molar refractivity (Wildman–Crippen MR) is 75.6 cm³/mol. The molecule has 0 saturated heterocycles. The molecule has 100 valence electrons. The van der Waals surface area contributed by atoms with Crippen molar-refractivity contribution in [2.24, 2.45) is 0 Å². The van der Waals surface area contributed by atoms with Crippen LogP contribution in [0.5, 0.6) is 5.75 Å². The molecule has 0 fully saturated rings. The Bertz CT molecular complexity index is 434. The second kappa shape index (κ2) is 7.02. The van der Waals surface area contributed by atoms with Crippen LogP contribution in [-0.2, 0) is 5.75 Å². The van der Waals surface area contributed by atoms with Crippen LogP contribution in [0.3, 0.4) is 0 Å². The highest BCUT2D eigenvalue weighted by Gasteiger charge is 2.14. The van der Waals surface area contributed by atoms with Crippen molar-refractivity contribution >= 4 is 29.1 Å². The molecular weight excluding hydrogens is 272 g/mol. The van der Waals surface area contributed by atoms with Gasteiger partial charge in [-0.2, -0.15) is 11.8 Å². The smallest absolute Gasteiger partial charge is 0.163 e. The van der Waals surface area contributed by atoms with Crippen molar-refractivity contribution in [1.29, 1.82) is 0 Å². The van der Waals surface area contributed by atoms with E-state index in [2.05, 4.69) is 0 Å². The summed E-state index contributed by atoms with van der Waals surface area (Å²) in [6.07, 6.45) is 0.700. The number of hydrogen-bond donors (Lipinski definition) is 2. The molecule has 0 aliphatic rings. The largest absolute Gasteiger partial charge is 0.507 e. The lowest BCUT2D eigenvalue weighted by Gasteiger charge is -2.12. The maximum absolute atomic E-state index is 11.4. The van der Waals surface area contributed by atoms with Gasteiger partial charge in [0.05, 0.1) is 5.56 Å². The van der Waals surface area contributed by atoms with E-state index in [4.69, 9.17) is 16.7 Å². The van der Waals surface area contributed by atoms with Gasteiger partial charge in [0.1, 0.15) is 5.75 Å². The number of ketones is 1. The minimum absolute atomic E-state index is 0.00981. The molecule has 0 saturated carbocycles.